The van der Waals surface area contributed by atoms with E-state index in [1.807, 2.05) is 18.2 Å². The van der Waals surface area contributed by atoms with Crippen LogP contribution in [0.5, 0.6) is 0 Å². The van der Waals surface area contributed by atoms with Crippen molar-refractivity contribution in [3.05, 3.63) is 35.4 Å². The van der Waals surface area contributed by atoms with Gasteiger partial charge in [0, 0.05) is 6.61 Å². The molecule has 2 unspecified atom stereocenters. The van der Waals surface area contributed by atoms with Gasteiger partial charge in [-0.25, -0.2) is 8.98 Å². The Morgan fingerprint density at radius 3 is 2.18 bits per heavy atom. The molecule has 3 nitrogen and oxygen atoms in total. The largest absolute Gasteiger partial charge is 0.395 e. The fourth-order valence-corrected chi connectivity index (χ4v) is 6.18. The van der Waals surface area contributed by atoms with E-state index in [4.69, 9.17) is 8.92 Å². The van der Waals surface area contributed by atoms with Crippen molar-refractivity contribution in [3.8, 4) is 0 Å². The number of unbranched alkanes of at least 4 members (excludes halogenated alkanes) is 10. The molecule has 1 aliphatic rings. The maximum absolute atomic E-state index is 12.7. The molecule has 1 aromatic carbocycles. The fraction of sp³-hybridized carbons (Fsp3) is 0.767. The van der Waals surface area contributed by atoms with Gasteiger partial charge in [0.15, 0.2) is 5.75 Å². The Bertz CT molecular complexity index is 642. The van der Waals surface area contributed by atoms with Crippen molar-refractivity contribution in [3.63, 3.8) is 0 Å². The minimum atomic E-state index is -0.248. The van der Waals surface area contributed by atoms with Crippen molar-refractivity contribution in [2.75, 3.05) is 18.1 Å². The average molecular weight is 492 g/mol. The summed E-state index contributed by atoms with van der Waals surface area (Å²) < 4.78 is 11.7. The predicted octanol–water partition coefficient (Wildman–Crippen LogP) is 8.60. The van der Waals surface area contributed by atoms with Gasteiger partial charge in [-0.3, -0.25) is 0 Å². The summed E-state index contributed by atoms with van der Waals surface area (Å²) in [5.74, 6) is 1.82. The van der Waals surface area contributed by atoms with E-state index in [9.17, 15) is 4.79 Å². The molecule has 0 aromatic heterocycles. The number of ether oxygens (including phenoxy) is 1. The van der Waals surface area contributed by atoms with Gasteiger partial charge in [0.25, 0.3) is 0 Å². The standard InChI is InChI=1S/C30H51O3S/c1-3-20-27-21-15-16-24-29(27)30(31)33-34(4-2)26-19-13-11-9-7-5-6-8-10-12-14-22-28-23-17-18-25-32-28/h15-16,21,24,28H,3-14,17-20,22-23,25-26H2,1-2H3/q+1. The van der Waals surface area contributed by atoms with E-state index in [1.165, 1.54) is 96.3 Å². The number of carbonyl (C=O) groups excluding carboxylic acids is 1. The lowest BCUT2D eigenvalue weighted by Gasteiger charge is -2.22. The molecule has 0 aliphatic carbocycles. The van der Waals surface area contributed by atoms with Crippen LogP contribution >= 0.6 is 0 Å². The topological polar surface area (TPSA) is 35.5 Å². The second-order valence-electron chi connectivity index (χ2n) is 9.88. The number of benzene rings is 1. The Morgan fingerprint density at radius 2 is 1.56 bits per heavy atom. The Balaban J connectivity index is 1.42. The first-order valence-electron chi connectivity index (χ1n) is 14.3. The molecule has 0 amide bonds. The van der Waals surface area contributed by atoms with E-state index >= 15 is 0 Å². The van der Waals surface area contributed by atoms with Crippen LogP contribution < -0.4 is 0 Å². The average Bonchev–Trinajstić information content (AvgIpc) is 2.87. The van der Waals surface area contributed by atoms with Gasteiger partial charge in [0.1, 0.15) is 5.75 Å². The van der Waals surface area contributed by atoms with Crippen LogP contribution in [0, 0.1) is 0 Å². The number of hydrogen-bond donors (Lipinski definition) is 0. The molecular weight excluding hydrogens is 440 g/mol. The van der Waals surface area contributed by atoms with Gasteiger partial charge in [0.05, 0.1) is 11.7 Å². The molecule has 1 fully saturated rings. The zero-order chi connectivity index (χ0) is 24.3. The van der Waals surface area contributed by atoms with E-state index < -0.39 is 0 Å². The normalized spacial score (nSPS) is 16.9. The summed E-state index contributed by atoms with van der Waals surface area (Å²) >= 11 is -0.248. The summed E-state index contributed by atoms with van der Waals surface area (Å²) in [5.41, 5.74) is 1.87. The molecule has 2 rings (SSSR count). The van der Waals surface area contributed by atoms with E-state index in [0.29, 0.717) is 6.10 Å². The van der Waals surface area contributed by atoms with Gasteiger partial charge in [0.2, 0.25) is 11.2 Å². The smallest absolute Gasteiger partial charge is 0.378 e. The molecule has 1 aromatic rings. The van der Waals surface area contributed by atoms with Crippen molar-refractivity contribution in [1.29, 1.82) is 0 Å². The molecule has 194 valence electrons. The number of aryl methyl sites for hydroxylation is 1. The summed E-state index contributed by atoms with van der Waals surface area (Å²) in [5, 5.41) is 0. The van der Waals surface area contributed by atoms with Crippen molar-refractivity contribution in [2.45, 2.75) is 129 Å². The molecule has 0 saturated carbocycles. The van der Waals surface area contributed by atoms with E-state index in [0.717, 1.165) is 42.1 Å². The van der Waals surface area contributed by atoms with Crippen LogP contribution in [-0.2, 0) is 26.5 Å². The highest BCUT2D eigenvalue weighted by atomic mass is 32.2. The molecule has 4 heteroatoms. The zero-order valence-corrected chi connectivity index (χ0v) is 23.0. The summed E-state index contributed by atoms with van der Waals surface area (Å²) in [6.07, 6.45) is 22.5. The Kier molecular flexibility index (Phi) is 16.5. The zero-order valence-electron chi connectivity index (χ0n) is 22.2. The lowest BCUT2D eigenvalue weighted by atomic mass is 10.0. The first-order chi connectivity index (χ1) is 16.7. The van der Waals surface area contributed by atoms with Gasteiger partial charge in [-0.1, -0.05) is 89.3 Å². The first kappa shape index (κ1) is 29.2. The number of rotatable bonds is 19. The van der Waals surface area contributed by atoms with Crippen molar-refractivity contribution in [2.24, 2.45) is 0 Å². The van der Waals surface area contributed by atoms with Crippen LogP contribution in [-0.4, -0.2) is 30.2 Å². The molecule has 1 heterocycles. The van der Waals surface area contributed by atoms with Crippen LogP contribution in [0.1, 0.15) is 133 Å². The predicted molar refractivity (Wildman–Crippen MR) is 148 cm³/mol. The molecular formula is C30H51O3S+. The minimum absolute atomic E-state index is 0.128. The lowest BCUT2D eigenvalue weighted by molar-refractivity contribution is 0.00977. The maximum Gasteiger partial charge on any atom is 0.395 e. The second-order valence-corrected chi connectivity index (χ2v) is 11.9. The highest BCUT2D eigenvalue weighted by Gasteiger charge is 2.25. The summed E-state index contributed by atoms with van der Waals surface area (Å²) in [4.78, 5) is 12.7. The number of hydrogen-bond acceptors (Lipinski definition) is 3. The summed E-state index contributed by atoms with van der Waals surface area (Å²) in [6.45, 7) is 5.28. The van der Waals surface area contributed by atoms with Crippen LogP contribution in [0.2, 0.25) is 0 Å². The van der Waals surface area contributed by atoms with Crippen molar-refractivity contribution >= 4 is 17.1 Å². The van der Waals surface area contributed by atoms with Gasteiger partial charge < -0.3 is 4.74 Å². The molecule has 0 N–H and O–H groups in total. The third-order valence-corrected chi connectivity index (χ3v) is 8.72. The SMILES string of the molecule is CCCc1ccccc1C(=O)O[S+](CC)CCCCCCCCCCCCCC1CCCCO1. The van der Waals surface area contributed by atoms with Gasteiger partial charge in [-0.2, -0.15) is 0 Å². The van der Waals surface area contributed by atoms with Crippen LogP contribution in [0.4, 0.5) is 0 Å². The van der Waals surface area contributed by atoms with Gasteiger partial charge in [-0.05, 0) is 63.5 Å². The Morgan fingerprint density at radius 1 is 0.912 bits per heavy atom. The Labute approximate surface area is 213 Å². The fourth-order valence-electron chi connectivity index (χ4n) is 4.86. The van der Waals surface area contributed by atoms with Crippen LogP contribution in [0.3, 0.4) is 0 Å². The van der Waals surface area contributed by atoms with Gasteiger partial charge in [-0.15, -0.1) is 0 Å². The lowest BCUT2D eigenvalue weighted by Crippen LogP contribution is -2.20. The molecule has 0 spiro atoms. The first-order valence-corrected chi connectivity index (χ1v) is 15.8. The summed E-state index contributed by atoms with van der Waals surface area (Å²) in [7, 11) is 0. The second kappa shape index (κ2) is 19.2. The van der Waals surface area contributed by atoms with Crippen molar-refractivity contribution in [1.82, 2.24) is 0 Å². The van der Waals surface area contributed by atoms with Crippen LogP contribution in [0.15, 0.2) is 24.3 Å². The number of carbonyl (C=O) groups is 1. The quantitative estimate of drug-likeness (QED) is 0.143. The molecule has 1 saturated heterocycles. The third kappa shape index (κ3) is 12.6. The van der Waals surface area contributed by atoms with E-state index in [2.05, 4.69) is 19.9 Å². The van der Waals surface area contributed by atoms with Gasteiger partial charge >= 0.3 is 5.97 Å². The molecule has 1 aliphatic heterocycles. The molecule has 0 bridgehead atoms. The Hall–Kier alpha value is -1.00. The highest BCUT2D eigenvalue weighted by molar-refractivity contribution is 7.92. The minimum Gasteiger partial charge on any atom is -0.378 e. The molecule has 0 radical (unpaired) electrons. The van der Waals surface area contributed by atoms with Crippen molar-refractivity contribution < 1.29 is 13.7 Å². The molecule has 34 heavy (non-hydrogen) atoms. The third-order valence-electron chi connectivity index (χ3n) is 6.94. The monoisotopic (exact) mass is 491 g/mol. The van der Waals surface area contributed by atoms with E-state index in [-0.39, 0.29) is 17.1 Å². The summed E-state index contributed by atoms with van der Waals surface area (Å²) in [6, 6.07) is 7.91. The molecule has 2 atom stereocenters. The van der Waals surface area contributed by atoms with Crippen LogP contribution in [0.25, 0.3) is 0 Å². The highest BCUT2D eigenvalue weighted by Crippen LogP contribution is 2.20. The maximum atomic E-state index is 12.7. The van der Waals surface area contributed by atoms with E-state index in [1.54, 1.807) is 0 Å².